The number of fused-ring (bicyclic) bond motifs is 1. The Morgan fingerprint density at radius 1 is 1.18 bits per heavy atom. The molecule has 2 heterocycles. The van der Waals surface area contributed by atoms with Crippen molar-refractivity contribution in [2.45, 2.75) is 37.9 Å². The molecule has 3 heteroatoms. The van der Waals surface area contributed by atoms with Gasteiger partial charge in [-0.2, -0.15) is 0 Å². The number of nitrogens with one attached hydrogen (secondary N) is 1. The molecule has 1 N–H and O–H groups in total. The fraction of sp³-hybridized carbons (Fsp3) is 0.571. The maximum absolute atomic E-state index is 3.73. The Labute approximate surface area is 112 Å². The van der Waals surface area contributed by atoms with E-state index in [0.717, 1.165) is 17.1 Å². The van der Waals surface area contributed by atoms with Crippen molar-refractivity contribution in [2.24, 2.45) is 0 Å². The maximum atomic E-state index is 3.73. The molecular formula is C14H19BrN2. The molecule has 0 radical (unpaired) electrons. The van der Waals surface area contributed by atoms with Crippen LogP contribution in [0.1, 0.15) is 24.8 Å². The van der Waals surface area contributed by atoms with Crippen molar-refractivity contribution in [3.63, 3.8) is 0 Å². The average molecular weight is 295 g/mol. The summed E-state index contributed by atoms with van der Waals surface area (Å²) >= 11 is 3.47. The van der Waals surface area contributed by atoms with Crippen molar-refractivity contribution in [2.75, 3.05) is 13.1 Å². The van der Waals surface area contributed by atoms with Gasteiger partial charge in [0.1, 0.15) is 0 Å². The molecule has 0 amide bonds. The molecule has 92 valence electrons. The normalized spacial score (nSPS) is 28.5. The Kier molecular flexibility index (Phi) is 3.50. The van der Waals surface area contributed by atoms with Crippen LogP contribution in [-0.2, 0) is 6.54 Å². The first kappa shape index (κ1) is 11.7. The van der Waals surface area contributed by atoms with E-state index in [1.165, 1.54) is 37.9 Å². The highest BCUT2D eigenvalue weighted by Crippen LogP contribution is 2.28. The zero-order chi connectivity index (χ0) is 11.7. The van der Waals surface area contributed by atoms with Gasteiger partial charge in [0.2, 0.25) is 0 Å². The molecule has 2 aliphatic heterocycles. The van der Waals surface area contributed by atoms with Crippen LogP contribution in [0.5, 0.6) is 0 Å². The van der Waals surface area contributed by atoms with Gasteiger partial charge in [-0.05, 0) is 43.5 Å². The summed E-state index contributed by atoms with van der Waals surface area (Å²) in [6, 6.07) is 10.1. The molecule has 0 bridgehead atoms. The lowest BCUT2D eigenvalue weighted by Gasteiger charge is -2.21. The first-order valence-electron chi connectivity index (χ1n) is 6.55. The van der Waals surface area contributed by atoms with Crippen molar-refractivity contribution in [1.29, 1.82) is 0 Å². The minimum atomic E-state index is 0.709. The molecule has 3 rings (SSSR count). The Morgan fingerprint density at radius 2 is 2.00 bits per heavy atom. The zero-order valence-electron chi connectivity index (χ0n) is 10.0. The van der Waals surface area contributed by atoms with E-state index in [9.17, 15) is 0 Å². The summed E-state index contributed by atoms with van der Waals surface area (Å²) in [6.07, 6.45) is 4.10. The molecule has 2 nitrogen and oxygen atoms in total. The molecule has 0 aliphatic carbocycles. The molecule has 0 spiro atoms. The predicted octanol–water partition coefficient (Wildman–Crippen LogP) is 2.78. The molecule has 1 aromatic rings. The molecule has 2 aliphatic rings. The molecule has 2 fully saturated rings. The van der Waals surface area contributed by atoms with Crippen LogP contribution in [0.3, 0.4) is 0 Å². The van der Waals surface area contributed by atoms with Crippen molar-refractivity contribution in [1.82, 2.24) is 10.2 Å². The third-order valence-corrected chi connectivity index (χ3v) is 4.62. The van der Waals surface area contributed by atoms with Crippen LogP contribution in [-0.4, -0.2) is 30.1 Å². The number of rotatable bonds is 3. The van der Waals surface area contributed by atoms with Crippen molar-refractivity contribution in [3.05, 3.63) is 34.3 Å². The maximum Gasteiger partial charge on any atom is 0.0250 e. The molecule has 1 aromatic carbocycles. The number of benzene rings is 1. The molecule has 0 saturated carbocycles. The lowest BCUT2D eigenvalue weighted by Crippen LogP contribution is -2.38. The number of halogens is 1. The number of nitrogens with zero attached hydrogens (tertiary/aromatic N) is 1. The first-order chi connectivity index (χ1) is 8.33. The fourth-order valence-corrected chi connectivity index (χ4v) is 3.44. The highest BCUT2D eigenvalue weighted by molar-refractivity contribution is 9.10. The van der Waals surface area contributed by atoms with Gasteiger partial charge in [0.05, 0.1) is 0 Å². The Balaban J connectivity index is 1.56. The Bertz CT molecular complexity index is 376. The molecule has 2 saturated heterocycles. The van der Waals surface area contributed by atoms with Gasteiger partial charge in [0.15, 0.2) is 0 Å². The second-order valence-corrected chi connectivity index (χ2v) is 6.06. The molecule has 0 aromatic heterocycles. The van der Waals surface area contributed by atoms with Gasteiger partial charge < -0.3 is 5.32 Å². The van der Waals surface area contributed by atoms with E-state index in [1.807, 2.05) is 0 Å². The van der Waals surface area contributed by atoms with E-state index in [4.69, 9.17) is 0 Å². The van der Waals surface area contributed by atoms with E-state index in [0.29, 0.717) is 6.04 Å². The van der Waals surface area contributed by atoms with Gasteiger partial charge >= 0.3 is 0 Å². The van der Waals surface area contributed by atoms with Gasteiger partial charge in [-0.3, -0.25) is 4.90 Å². The zero-order valence-corrected chi connectivity index (χ0v) is 11.6. The molecular weight excluding hydrogens is 276 g/mol. The average Bonchev–Trinajstić information content (AvgIpc) is 2.91. The van der Waals surface area contributed by atoms with Crippen LogP contribution >= 0.6 is 15.9 Å². The van der Waals surface area contributed by atoms with E-state index in [2.05, 4.69) is 50.4 Å². The second-order valence-electron chi connectivity index (χ2n) is 5.15. The van der Waals surface area contributed by atoms with Crippen molar-refractivity contribution in [3.8, 4) is 0 Å². The molecule has 2 unspecified atom stereocenters. The highest BCUT2D eigenvalue weighted by atomic mass is 79.9. The summed E-state index contributed by atoms with van der Waals surface area (Å²) in [5.41, 5.74) is 1.38. The predicted molar refractivity (Wildman–Crippen MR) is 74.0 cm³/mol. The largest absolute Gasteiger partial charge is 0.308 e. The SMILES string of the molecule is Brc1ccc(CNC2CCN3CCCC23)cc1. The third kappa shape index (κ3) is 2.56. The fourth-order valence-electron chi connectivity index (χ4n) is 3.17. The van der Waals surface area contributed by atoms with Gasteiger partial charge in [-0.15, -0.1) is 0 Å². The lowest BCUT2D eigenvalue weighted by molar-refractivity contribution is 0.298. The van der Waals surface area contributed by atoms with Gasteiger partial charge in [-0.25, -0.2) is 0 Å². The van der Waals surface area contributed by atoms with Crippen LogP contribution < -0.4 is 5.32 Å². The highest BCUT2D eigenvalue weighted by Gasteiger charge is 2.36. The number of hydrogen-bond acceptors (Lipinski definition) is 2. The molecule has 17 heavy (non-hydrogen) atoms. The van der Waals surface area contributed by atoms with Crippen molar-refractivity contribution < 1.29 is 0 Å². The van der Waals surface area contributed by atoms with Gasteiger partial charge in [-0.1, -0.05) is 28.1 Å². The van der Waals surface area contributed by atoms with E-state index < -0.39 is 0 Å². The Hall–Kier alpha value is -0.380. The summed E-state index contributed by atoms with van der Waals surface area (Å²) in [6.45, 7) is 3.62. The third-order valence-electron chi connectivity index (χ3n) is 4.09. The van der Waals surface area contributed by atoms with Gasteiger partial charge in [0, 0.05) is 29.6 Å². The topological polar surface area (TPSA) is 15.3 Å². The van der Waals surface area contributed by atoms with Crippen LogP contribution in [0.25, 0.3) is 0 Å². The summed E-state index contributed by atoms with van der Waals surface area (Å²) in [7, 11) is 0. The van der Waals surface area contributed by atoms with Crippen molar-refractivity contribution >= 4 is 15.9 Å². The quantitative estimate of drug-likeness (QED) is 0.922. The van der Waals surface area contributed by atoms with Crippen LogP contribution in [0.15, 0.2) is 28.7 Å². The minimum absolute atomic E-state index is 0.709. The Morgan fingerprint density at radius 3 is 2.82 bits per heavy atom. The monoisotopic (exact) mass is 294 g/mol. The van der Waals surface area contributed by atoms with Crippen LogP contribution in [0.4, 0.5) is 0 Å². The smallest absolute Gasteiger partial charge is 0.0250 e. The second kappa shape index (κ2) is 5.09. The van der Waals surface area contributed by atoms with Gasteiger partial charge in [0.25, 0.3) is 0 Å². The summed E-state index contributed by atoms with van der Waals surface area (Å²) in [5.74, 6) is 0. The van der Waals surface area contributed by atoms with E-state index >= 15 is 0 Å². The van der Waals surface area contributed by atoms with E-state index in [-0.39, 0.29) is 0 Å². The molecule has 2 atom stereocenters. The first-order valence-corrected chi connectivity index (χ1v) is 7.34. The summed E-state index contributed by atoms with van der Waals surface area (Å²) in [5, 5.41) is 3.73. The lowest BCUT2D eigenvalue weighted by atomic mass is 10.1. The number of hydrogen-bond donors (Lipinski definition) is 1. The van der Waals surface area contributed by atoms with Crippen LogP contribution in [0, 0.1) is 0 Å². The van der Waals surface area contributed by atoms with Crippen LogP contribution in [0.2, 0.25) is 0 Å². The van der Waals surface area contributed by atoms with E-state index in [1.54, 1.807) is 0 Å². The standard InChI is InChI=1S/C14H19BrN2/c15-12-5-3-11(4-6-12)10-16-13-7-9-17-8-1-2-14(13)17/h3-6,13-14,16H,1-2,7-10H2. The minimum Gasteiger partial charge on any atom is -0.308 e. The summed E-state index contributed by atoms with van der Waals surface area (Å²) in [4.78, 5) is 2.65. The summed E-state index contributed by atoms with van der Waals surface area (Å²) < 4.78 is 1.16.